The lowest BCUT2D eigenvalue weighted by Gasteiger charge is -2.29. The van der Waals surface area contributed by atoms with Gasteiger partial charge in [0, 0.05) is 31.2 Å². The maximum Gasteiger partial charge on any atom is 0.151 e. The van der Waals surface area contributed by atoms with Crippen LogP contribution in [0, 0.1) is 0 Å². The largest absolute Gasteiger partial charge is 0.310 e. The Kier molecular flexibility index (Phi) is 2.72. The summed E-state index contributed by atoms with van der Waals surface area (Å²) in [6, 6.07) is 1.59. The van der Waals surface area contributed by atoms with Crippen molar-refractivity contribution in [2.24, 2.45) is 0 Å². The van der Waals surface area contributed by atoms with Gasteiger partial charge in [0.05, 0.1) is 11.5 Å². The second-order valence-corrected chi connectivity index (χ2v) is 7.71. The molecule has 0 aliphatic carbocycles. The number of nitrogens with one attached hydrogen (secondary N) is 1. The Balaban J connectivity index is 1.67. The Morgan fingerprint density at radius 1 is 1.06 bits per heavy atom. The SMILES string of the molecule is O=S1(=O)CCC(N2CCC3CCC(C2)N3)C1. The van der Waals surface area contributed by atoms with E-state index in [0.29, 0.717) is 29.6 Å². The molecule has 3 atom stereocenters. The van der Waals surface area contributed by atoms with Crippen molar-refractivity contribution in [1.29, 1.82) is 0 Å². The molecule has 1 N–H and O–H groups in total. The van der Waals surface area contributed by atoms with Crippen LogP contribution >= 0.6 is 0 Å². The molecule has 0 saturated carbocycles. The highest BCUT2D eigenvalue weighted by Gasteiger charge is 2.36. The van der Waals surface area contributed by atoms with Crippen LogP contribution in [-0.4, -0.2) is 56.0 Å². The van der Waals surface area contributed by atoms with Crippen LogP contribution in [0.3, 0.4) is 0 Å². The van der Waals surface area contributed by atoms with Crippen LogP contribution in [0.1, 0.15) is 25.7 Å². The molecule has 3 rings (SSSR count). The van der Waals surface area contributed by atoms with E-state index in [0.717, 1.165) is 19.5 Å². The van der Waals surface area contributed by atoms with Crippen LogP contribution in [-0.2, 0) is 9.84 Å². The van der Waals surface area contributed by atoms with Crippen LogP contribution in [0.15, 0.2) is 0 Å². The third-order valence-corrected chi connectivity index (χ3v) is 6.03. The van der Waals surface area contributed by atoms with E-state index in [4.69, 9.17) is 0 Å². The normalized spacial score (nSPS) is 43.4. The molecule has 0 aromatic rings. The molecular formula is C11H20N2O2S. The lowest BCUT2D eigenvalue weighted by atomic mass is 10.1. The van der Waals surface area contributed by atoms with Crippen molar-refractivity contribution in [2.75, 3.05) is 24.6 Å². The Labute approximate surface area is 97.3 Å². The van der Waals surface area contributed by atoms with Gasteiger partial charge in [-0.1, -0.05) is 0 Å². The van der Waals surface area contributed by atoms with Crippen LogP contribution < -0.4 is 5.32 Å². The molecule has 0 spiro atoms. The number of nitrogens with zero attached hydrogens (tertiary/aromatic N) is 1. The molecule has 0 aromatic heterocycles. The van der Waals surface area contributed by atoms with Crippen LogP contribution in [0.5, 0.6) is 0 Å². The lowest BCUT2D eigenvalue weighted by Crippen LogP contribution is -2.42. The fourth-order valence-electron chi connectivity index (χ4n) is 3.37. The molecule has 92 valence electrons. The van der Waals surface area contributed by atoms with Gasteiger partial charge in [0.2, 0.25) is 0 Å². The second kappa shape index (κ2) is 3.96. The van der Waals surface area contributed by atoms with E-state index in [1.165, 1.54) is 19.3 Å². The topological polar surface area (TPSA) is 49.4 Å². The zero-order valence-electron chi connectivity index (χ0n) is 9.56. The van der Waals surface area contributed by atoms with Gasteiger partial charge in [-0.15, -0.1) is 0 Å². The first kappa shape index (κ1) is 11.0. The van der Waals surface area contributed by atoms with Crippen molar-refractivity contribution in [2.45, 2.75) is 43.8 Å². The van der Waals surface area contributed by atoms with Gasteiger partial charge in [-0.3, -0.25) is 4.90 Å². The zero-order chi connectivity index (χ0) is 11.2. The van der Waals surface area contributed by atoms with Crippen LogP contribution in [0.4, 0.5) is 0 Å². The van der Waals surface area contributed by atoms with E-state index in [1.54, 1.807) is 0 Å². The molecule has 4 nitrogen and oxygen atoms in total. The highest BCUT2D eigenvalue weighted by molar-refractivity contribution is 7.91. The summed E-state index contributed by atoms with van der Waals surface area (Å²) in [6.07, 6.45) is 4.61. The van der Waals surface area contributed by atoms with Gasteiger partial charge in [-0.2, -0.15) is 0 Å². The van der Waals surface area contributed by atoms with Crippen molar-refractivity contribution in [3.63, 3.8) is 0 Å². The lowest BCUT2D eigenvalue weighted by molar-refractivity contribution is 0.202. The number of hydrogen-bond acceptors (Lipinski definition) is 4. The van der Waals surface area contributed by atoms with Gasteiger partial charge < -0.3 is 5.32 Å². The monoisotopic (exact) mass is 244 g/mol. The summed E-state index contributed by atoms with van der Waals surface area (Å²) < 4.78 is 23.0. The van der Waals surface area contributed by atoms with Gasteiger partial charge in [-0.25, -0.2) is 8.42 Å². The molecule has 3 aliphatic heterocycles. The number of rotatable bonds is 1. The van der Waals surface area contributed by atoms with Crippen molar-refractivity contribution in [3.8, 4) is 0 Å². The predicted molar refractivity (Wildman–Crippen MR) is 63.2 cm³/mol. The number of fused-ring (bicyclic) bond motifs is 2. The molecule has 0 radical (unpaired) electrons. The van der Waals surface area contributed by atoms with E-state index < -0.39 is 9.84 Å². The quantitative estimate of drug-likeness (QED) is 0.705. The van der Waals surface area contributed by atoms with Gasteiger partial charge >= 0.3 is 0 Å². The standard InChI is InChI=1S/C11H20N2O2S/c14-16(15)6-4-11(8-16)13-5-3-9-1-2-10(7-13)12-9/h9-12H,1-8H2. The summed E-state index contributed by atoms with van der Waals surface area (Å²) in [5, 5.41) is 3.64. The van der Waals surface area contributed by atoms with E-state index in [1.807, 2.05) is 0 Å². The Hall–Kier alpha value is -0.130. The minimum atomic E-state index is -2.73. The first-order chi connectivity index (χ1) is 7.62. The summed E-state index contributed by atoms with van der Waals surface area (Å²) in [5.41, 5.74) is 0. The highest BCUT2D eigenvalue weighted by atomic mass is 32.2. The first-order valence-electron chi connectivity index (χ1n) is 6.33. The number of hydrogen-bond donors (Lipinski definition) is 1. The minimum absolute atomic E-state index is 0.297. The number of sulfone groups is 1. The highest BCUT2D eigenvalue weighted by Crippen LogP contribution is 2.25. The van der Waals surface area contributed by atoms with Crippen LogP contribution in [0.25, 0.3) is 0 Å². The molecular weight excluding hydrogens is 224 g/mol. The molecule has 3 fully saturated rings. The smallest absolute Gasteiger partial charge is 0.151 e. The summed E-state index contributed by atoms with van der Waals surface area (Å²) in [7, 11) is -2.73. The molecule has 3 unspecified atom stereocenters. The summed E-state index contributed by atoms with van der Waals surface area (Å²) in [4.78, 5) is 2.42. The maximum absolute atomic E-state index is 11.5. The molecule has 3 saturated heterocycles. The average molecular weight is 244 g/mol. The fraction of sp³-hybridized carbons (Fsp3) is 1.00. The Bertz CT molecular complexity index is 368. The van der Waals surface area contributed by atoms with E-state index >= 15 is 0 Å². The summed E-state index contributed by atoms with van der Waals surface area (Å²) in [5.74, 6) is 0.792. The average Bonchev–Trinajstić information content (AvgIpc) is 2.70. The molecule has 3 aliphatic rings. The molecule has 3 heterocycles. The predicted octanol–water partition coefficient (Wildman–Crippen LogP) is -0.000200. The second-order valence-electron chi connectivity index (χ2n) is 5.48. The maximum atomic E-state index is 11.5. The van der Waals surface area contributed by atoms with Crippen molar-refractivity contribution in [1.82, 2.24) is 10.2 Å². The van der Waals surface area contributed by atoms with Gasteiger partial charge in [0.1, 0.15) is 0 Å². The van der Waals surface area contributed by atoms with Gasteiger partial charge in [0.25, 0.3) is 0 Å². The molecule has 16 heavy (non-hydrogen) atoms. The summed E-state index contributed by atoms with van der Waals surface area (Å²) in [6.45, 7) is 2.13. The third-order valence-electron chi connectivity index (χ3n) is 4.28. The number of likely N-dealkylation sites (tertiary alicyclic amines) is 1. The van der Waals surface area contributed by atoms with Crippen molar-refractivity contribution < 1.29 is 8.42 Å². The van der Waals surface area contributed by atoms with Gasteiger partial charge in [-0.05, 0) is 25.7 Å². The minimum Gasteiger partial charge on any atom is -0.310 e. The summed E-state index contributed by atoms with van der Waals surface area (Å²) >= 11 is 0. The van der Waals surface area contributed by atoms with E-state index in [-0.39, 0.29) is 0 Å². The third kappa shape index (κ3) is 2.13. The molecule has 0 amide bonds. The Morgan fingerprint density at radius 3 is 2.62 bits per heavy atom. The van der Waals surface area contributed by atoms with Gasteiger partial charge in [0.15, 0.2) is 9.84 Å². The van der Waals surface area contributed by atoms with E-state index in [2.05, 4.69) is 10.2 Å². The molecule has 0 aromatic carbocycles. The zero-order valence-corrected chi connectivity index (χ0v) is 10.4. The van der Waals surface area contributed by atoms with E-state index in [9.17, 15) is 8.42 Å². The van der Waals surface area contributed by atoms with Crippen molar-refractivity contribution in [3.05, 3.63) is 0 Å². The van der Waals surface area contributed by atoms with Crippen molar-refractivity contribution >= 4 is 9.84 Å². The Morgan fingerprint density at radius 2 is 1.88 bits per heavy atom. The first-order valence-corrected chi connectivity index (χ1v) is 8.15. The molecule has 5 heteroatoms. The fourth-order valence-corrected chi connectivity index (χ4v) is 5.13. The molecule has 2 bridgehead atoms. The van der Waals surface area contributed by atoms with Crippen LogP contribution in [0.2, 0.25) is 0 Å².